The molecule has 0 radical (unpaired) electrons. The summed E-state index contributed by atoms with van der Waals surface area (Å²) >= 11 is 0. The fourth-order valence-corrected chi connectivity index (χ4v) is 1.54. The SMILES string of the molecule is CCOc1cncc(-n2nc(C)c(N)c2C)n1. The van der Waals surface area contributed by atoms with Gasteiger partial charge < -0.3 is 10.5 Å². The molecule has 0 spiro atoms. The van der Waals surface area contributed by atoms with Crippen LogP contribution in [0.1, 0.15) is 18.3 Å². The van der Waals surface area contributed by atoms with Crippen molar-refractivity contribution in [3.63, 3.8) is 0 Å². The van der Waals surface area contributed by atoms with Crippen molar-refractivity contribution in [1.29, 1.82) is 0 Å². The Hall–Kier alpha value is -2.11. The minimum Gasteiger partial charge on any atom is -0.477 e. The molecule has 0 saturated heterocycles. The second kappa shape index (κ2) is 4.40. The summed E-state index contributed by atoms with van der Waals surface area (Å²) in [5, 5.41) is 4.31. The Kier molecular flexibility index (Phi) is 2.95. The van der Waals surface area contributed by atoms with Crippen LogP contribution in [0.3, 0.4) is 0 Å². The molecule has 2 rings (SSSR count). The Morgan fingerprint density at radius 1 is 1.35 bits per heavy atom. The molecule has 0 bridgehead atoms. The van der Waals surface area contributed by atoms with Crippen LogP contribution < -0.4 is 10.5 Å². The average molecular weight is 233 g/mol. The van der Waals surface area contributed by atoms with Gasteiger partial charge in [0.1, 0.15) is 0 Å². The molecule has 0 unspecified atom stereocenters. The lowest BCUT2D eigenvalue weighted by Crippen LogP contribution is -2.05. The van der Waals surface area contributed by atoms with Crippen LogP contribution >= 0.6 is 0 Å². The van der Waals surface area contributed by atoms with E-state index in [1.165, 1.54) is 0 Å². The van der Waals surface area contributed by atoms with E-state index in [0.717, 1.165) is 11.4 Å². The molecular formula is C11H15N5O. The zero-order valence-electron chi connectivity index (χ0n) is 10.1. The minimum absolute atomic E-state index is 0.483. The third-order valence-electron chi connectivity index (χ3n) is 2.46. The van der Waals surface area contributed by atoms with Crippen LogP contribution in [0.4, 0.5) is 5.69 Å². The molecule has 90 valence electrons. The number of nitrogens with zero attached hydrogens (tertiary/aromatic N) is 4. The summed E-state index contributed by atoms with van der Waals surface area (Å²) in [7, 11) is 0. The molecular weight excluding hydrogens is 218 g/mol. The van der Waals surface area contributed by atoms with Crippen LogP contribution in [0.25, 0.3) is 5.82 Å². The topological polar surface area (TPSA) is 78.8 Å². The first kappa shape index (κ1) is 11.4. The number of aryl methyl sites for hydroxylation is 1. The third-order valence-corrected chi connectivity index (χ3v) is 2.46. The zero-order chi connectivity index (χ0) is 12.4. The quantitative estimate of drug-likeness (QED) is 0.863. The lowest BCUT2D eigenvalue weighted by molar-refractivity contribution is 0.324. The summed E-state index contributed by atoms with van der Waals surface area (Å²) in [5.74, 6) is 1.09. The molecule has 6 heteroatoms. The predicted octanol–water partition coefficient (Wildman–Crippen LogP) is 1.26. The van der Waals surface area contributed by atoms with E-state index in [1.807, 2.05) is 20.8 Å². The number of aromatic nitrogens is 4. The molecule has 0 saturated carbocycles. The largest absolute Gasteiger partial charge is 0.477 e. The molecule has 17 heavy (non-hydrogen) atoms. The summed E-state index contributed by atoms with van der Waals surface area (Å²) < 4.78 is 6.97. The summed E-state index contributed by atoms with van der Waals surface area (Å²) in [6.45, 7) is 6.20. The maximum Gasteiger partial charge on any atom is 0.234 e. The molecule has 0 aliphatic heterocycles. The summed E-state index contributed by atoms with van der Waals surface area (Å²) in [6, 6.07) is 0. The van der Waals surface area contributed by atoms with Gasteiger partial charge in [0.25, 0.3) is 0 Å². The lowest BCUT2D eigenvalue weighted by Gasteiger charge is -2.05. The Bertz CT molecular complexity index is 535. The minimum atomic E-state index is 0.483. The van der Waals surface area contributed by atoms with Gasteiger partial charge in [-0.15, -0.1) is 0 Å². The van der Waals surface area contributed by atoms with Crippen LogP contribution in [0, 0.1) is 13.8 Å². The molecule has 0 aliphatic carbocycles. The molecule has 2 aromatic rings. The van der Waals surface area contributed by atoms with Crippen molar-refractivity contribution in [1.82, 2.24) is 19.7 Å². The van der Waals surface area contributed by atoms with Crippen molar-refractivity contribution in [2.45, 2.75) is 20.8 Å². The van der Waals surface area contributed by atoms with E-state index in [9.17, 15) is 0 Å². The van der Waals surface area contributed by atoms with E-state index in [4.69, 9.17) is 10.5 Å². The smallest absolute Gasteiger partial charge is 0.234 e. The maximum atomic E-state index is 5.87. The molecule has 0 fully saturated rings. The number of hydrogen-bond acceptors (Lipinski definition) is 5. The van der Waals surface area contributed by atoms with Gasteiger partial charge in [0.15, 0.2) is 5.82 Å². The predicted molar refractivity (Wildman–Crippen MR) is 64.2 cm³/mol. The van der Waals surface area contributed by atoms with Gasteiger partial charge in [-0.25, -0.2) is 4.68 Å². The summed E-state index contributed by atoms with van der Waals surface area (Å²) in [6.07, 6.45) is 3.20. The van der Waals surface area contributed by atoms with Crippen LogP contribution in [0.15, 0.2) is 12.4 Å². The molecule has 2 aromatic heterocycles. The number of rotatable bonds is 3. The zero-order valence-corrected chi connectivity index (χ0v) is 10.1. The van der Waals surface area contributed by atoms with Crippen molar-refractivity contribution in [2.75, 3.05) is 12.3 Å². The van der Waals surface area contributed by atoms with E-state index in [1.54, 1.807) is 17.1 Å². The van der Waals surface area contributed by atoms with E-state index >= 15 is 0 Å². The molecule has 0 atom stereocenters. The first-order chi connectivity index (χ1) is 8.13. The Balaban J connectivity index is 2.45. The molecule has 0 aliphatic rings. The van der Waals surface area contributed by atoms with Crippen molar-refractivity contribution < 1.29 is 4.74 Å². The van der Waals surface area contributed by atoms with Crippen molar-refractivity contribution in [3.05, 3.63) is 23.8 Å². The third kappa shape index (κ3) is 2.06. The number of anilines is 1. The van der Waals surface area contributed by atoms with Gasteiger partial charge in [-0.05, 0) is 20.8 Å². The van der Waals surface area contributed by atoms with Crippen molar-refractivity contribution in [3.8, 4) is 11.7 Å². The fourth-order valence-electron chi connectivity index (χ4n) is 1.54. The van der Waals surface area contributed by atoms with E-state index in [2.05, 4.69) is 15.1 Å². The number of nitrogen functional groups attached to an aromatic ring is 1. The van der Waals surface area contributed by atoms with Crippen LogP contribution in [0.5, 0.6) is 5.88 Å². The first-order valence-electron chi connectivity index (χ1n) is 5.40. The Morgan fingerprint density at radius 2 is 2.12 bits per heavy atom. The molecule has 6 nitrogen and oxygen atoms in total. The highest BCUT2D eigenvalue weighted by molar-refractivity contribution is 5.49. The van der Waals surface area contributed by atoms with E-state index < -0.39 is 0 Å². The molecule has 2 N–H and O–H groups in total. The Labute approximate surface area is 99.4 Å². The Morgan fingerprint density at radius 3 is 2.71 bits per heavy atom. The standard InChI is InChI=1S/C11H15N5O/c1-4-17-10-6-13-5-9(14-10)16-8(3)11(12)7(2)15-16/h5-6H,4,12H2,1-3H3. The summed E-state index contributed by atoms with van der Waals surface area (Å²) in [4.78, 5) is 8.38. The van der Waals surface area contributed by atoms with Gasteiger partial charge in [-0.3, -0.25) is 4.98 Å². The molecule has 0 aromatic carbocycles. The lowest BCUT2D eigenvalue weighted by atomic mass is 10.3. The molecule has 2 heterocycles. The van der Waals surface area contributed by atoms with Crippen molar-refractivity contribution >= 4 is 5.69 Å². The second-order valence-corrected chi connectivity index (χ2v) is 3.64. The van der Waals surface area contributed by atoms with E-state index in [0.29, 0.717) is 24.0 Å². The second-order valence-electron chi connectivity index (χ2n) is 3.64. The highest BCUT2D eigenvalue weighted by Gasteiger charge is 2.11. The number of hydrogen-bond donors (Lipinski definition) is 1. The van der Waals surface area contributed by atoms with Gasteiger partial charge in [-0.2, -0.15) is 10.1 Å². The monoisotopic (exact) mass is 233 g/mol. The maximum absolute atomic E-state index is 5.87. The van der Waals surface area contributed by atoms with Crippen molar-refractivity contribution in [2.24, 2.45) is 0 Å². The van der Waals surface area contributed by atoms with E-state index in [-0.39, 0.29) is 0 Å². The normalized spacial score (nSPS) is 10.5. The highest BCUT2D eigenvalue weighted by atomic mass is 16.5. The highest BCUT2D eigenvalue weighted by Crippen LogP contribution is 2.18. The van der Waals surface area contributed by atoms with Crippen LogP contribution in [-0.2, 0) is 0 Å². The fraction of sp³-hybridized carbons (Fsp3) is 0.364. The number of ether oxygens (including phenoxy) is 1. The number of nitrogens with two attached hydrogens (primary N) is 1. The van der Waals surface area contributed by atoms with Gasteiger partial charge in [0.05, 0.1) is 36.1 Å². The van der Waals surface area contributed by atoms with Crippen LogP contribution in [-0.4, -0.2) is 26.4 Å². The van der Waals surface area contributed by atoms with Gasteiger partial charge >= 0.3 is 0 Å². The summed E-state index contributed by atoms with van der Waals surface area (Å²) in [5.41, 5.74) is 8.18. The first-order valence-corrected chi connectivity index (χ1v) is 5.40. The molecule has 0 amide bonds. The van der Waals surface area contributed by atoms with Gasteiger partial charge in [-0.1, -0.05) is 0 Å². The van der Waals surface area contributed by atoms with Gasteiger partial charge in [0, 0.05) is 0 Å². The van der Waals surface area contributed by atoms with Crippen LogP contribution in [0.2, 0.25) is 0 Å². The average Bonchev–Trinajstić information content (AvgIpc) is 2.58. The van der Waals surface area contributed by atoms with Gasteiger partial charge in [0.2, 0.25) is 5.88 Å².